The number of ether oxygens (including phenoxy) is 1. The second-order valence-corrected chi connectivity index (χ2v) is 9.53. The van der Waals surface area contributed by atoms with E-state index in [-0.39, 0.29) is 11.2 Å². The van der Waals surface area contributed by atoms with Crippen molar-refractivity contribution in [1.82, 2.24) is 18.7 Å². The summed E-state index contributed by atoms with van der Waals surface area (Å²) in [6.07, 6.45) is 7.99. The normalized spacial score (nSPS) is 15.6. The number of methoxy groups -OCH3 is 1. The molecule has 1 aromatic carbocycles. The van der Waals surface area contributed by atoms with Crippen LogP contribution in [0.2, 0.25) is 0 Å². The summed E-state index contributed by atoms with van der Waals surface area (Å²) >= 11 is 0. The van der Waals surface area contributed by atoms with E-state index < -0.39 is 0 Å². The third-order valence-electron chi connectivity index (χ3n) is 6.81. The molecule has 34 heavy (non-hydrogen) atoms. The number of hydrogen-bond acceptors (Lipinski definition) is 5. The summed E-state index contributed by atoms with van der Waals surface area (Å²) in [4.78, 5) is 33.5. The third kappa shape index (κ3) is 4.63. The molecular formula is C26H37N5O3. The van der Waals surface area contributed by atoms with Crippen LogP contribution in [-0.2, 0) is 20.1 Å². The Morgan fingerprint density at radius 1 is 1.00 bits per heavy atom. The highest BCUT2D eigenvalue weighted by Gasteiger charge is 2.29. The quantitative estimate of drug-likeness (QED) is 0.412. The predicted molar refractivity (Wildman–Crippen MR) is 136 cm³/mol. The van der Waals surface area contributed by atoms with Gasteiger partial charge in [0.15, 0.2) is 11.2 Å². The van der Waals surface area contributed by atoms with Crippen molar-refractivity contribution >= 4 is 22.8 Å². The molecule has 0 unspecified atom stereocenters. The molecule has 1 aliphatic rings. The molecule has 4 rings (SSSR count). The van der Waals surface area contributed by atoms with Gasteiger partial charge in [-0.15, -0.1) is 0 Å². The van der Waals surface area contributed by atoms with Crippen molar-refractivity contribution in [2.75, 3.05) is 18.6 Å². The number of nitrogens with zero attached hydrogens (tertiary/aromatic N) is 5. The van der Waals surface area contributed by atoms with Crippen molar-refractivity contribution in [1.29, 1.82) is 0 Å². The average Bonchev–Trinajstić information content (AvgIpc) is 3.23. The van der Waals surface area contributed by atoms with Gasteiger partial charge in [-0.2, -0.15) is 4.98 Å². The van der Waals surface area contributed by atoms with Crippen LogP contribution in [0.4, 0.5) is 11.6 Å². The van der Waals surface area contributed by atoms with Gasteiger partial charge in [-0.25, -0.2) is 4.79 Å². The van der Waals surface area contributed by atoms with E-state index in [1.54, 1.807) is 14.2 Å². The van der Waals surface area contributed by atoms with Crippen LogP contribution in [0.5, 0.6) is 5.75 Å². The summed E-state index contributed by atoms with van der Waals surface area (Å²) in [5, 5.41) is 0. The highest BCUT2D eigenvalue weighted by molar-refractivity contribution is 5.77. The zero-order chi connectivity index (χ0) is 24.2. The SMILES string of the molecule is CCCCCCCCCn1c(=O)c2c(nc3n2C[C@@H](C)CN3c2ccc(OC)cc2)n(C)c1=O. The summed E-state index contributed by atoms with van der Waals surface area (Å²) in [5.41, 5.74) is 1.44. The van der Waals surface area contributed by atoms with Gasteiger partial charge in [0.1, 0.15) is 5.75 Å². The van der Waals surface area contributed by atoms with E-state index in [0.29, 0.717) is 36.1 Å². The van der Waals surface area contributed by atoms with Gasteiger partial charge in [0.05, 0.1) is 7.11 Å². The molecule has 3 aromatic rings. The average molecular weight is 468 g/mol. The number of imidazole rings is 1. The lowest BCUT2D eigenvalue weighted by molar-refractivity contribution is 0.414. The van der Waals surface area contributed by atoms with E-state index in [9.17, 15) is 9.59 Å². The lowest BCUT2D eigenvalue weighted by Crippen LogP contribution is -2.40. The van der Waals surface area contributed by atoms with E-state index in [4.69, 9.17) is 9.72 Å². The number of hydrogen-bond donors (Lipinski definition) is 0. The van der Waals surface area contributed by atoms with Gasteiger partial charge >= 0.3 is 5.69 Å². The van der Waals surface area contributed by atoms with Crippen LogP contribution in [-0.4, -0.2) is 32.3 Å². The summed E-state index contributed by atoms with van der Waals surface area (Å²) < 4.78 is 10.2. The molecule has 0 N–H and O–H groups in total. The standard InChI is InChI=1S/C26H37N5O3/c1-5-6-7-8-9-10-11-16-29-24(32)22-23(28(3)26(29)33)27-25-30(17-19(2)18-31(22)25)20-12-14-21(34-4)15-13-20/h12-15,19H,5-11,16-18H2,1-4H3/t19-/m0/s1. The van der Waals surface area contributed by atoms with Crippen molar-refractivity contribution < 1.29 is 4.74 Å². The minimum Gasteiger partial charge on any atom is -0.497 e. The first kappa shape index (κ1) is 24.1. The minimum absolute atomic E-state index is 0.230. The minimum atomic E-state index is -0.289. The number of benzene rings is 1. The van der Waals surface area contributed by atoms with Crippen molar-refractivity contribution in [2.24, 2.45) is 13.0 Å². The Labute approximate surface area is 200 Å². The van der Waals surface area contributed by atoms with E-state index in [0.717, 1.165) is 37.2 Å². The highest BCUT2D eigenvalue weighted by atomic mass is 16.5. The zero-order valence-corrected chi connectivity index (χ0v) is 20.9. The van der Waals surface area contributed by atoms with Gasteiger partial charge in [-0.1, -0.05) is 52.4 Å². The molecule has 1 aliphatic heterocycles. The first-order valence-electron chi connectivity index (χ1n) is 12.6. The maximum Gasteiger partial charge on any atom is 0.332 e. The van der Waals surface area contributed by atoms with Crippen LogP contribution in [0.15, 0.2) is 33.9 Å². The fourth-order valence-electron chi connectivity index (χ4n) is 4.91. The molecule has 184 valence electrons. The molecule has 8 heteroatoms. The van der Waals surface area contributed by atoms with Gasteiger partial charge < -0.3 is 14.2 Å². The van der Waals surface area contributed by atoms with E-state index in [1.807, 2.05) is 28.8 Å². The lowest BCUT2D eigenvalue weighted by Gasteiger charge is -2.33. The van der Waals surface area contributed by atoms with Crippen molar-refractivity contribution in [3.05, 3.63) is 45.1 Å². The van der Waals surface area contributed by atoms with Crippen LogP contribution >= 0.6 is 0 Å². The molecule has 8 nitrogen and oxygen atoms in total. The number of rotatable bonds is 10. The van der Waals surface area contributed by atoms with Crippen LogP contribution < -0.4 is 20.9 Å². The van der Waals surface area contributed by atoms with Crippen molar-refractivity contribution in [3.8, 4) is 5.75 Å². The summed E-state index contributed by atoms with van der Waals surface area (Å²) in [5.74, 6) is 1.82. The van der Waals surface area contributed by atoms with Crippen LogP contribution in [0.25, 0.3) is 11.2 Å². The number of unbranched alkanes of at least 4 members (excludes halogenated alkanes) is 6. The largest absolute Gasteiger partial charge is 0.497 e. The molecular weight excluding hydrogens is 430 g/mol. The molecule has 0 amide bonds. The van der Waals surface area contributed by atoms with Gasteiger partial charge in [0.2, 0.25) is 5.95 Å². The maximum absolute atomic E-state index is 13.5. The molecule has 0 spiro atoms. The third-order valence-corrected chi connectivity index (χ3v) is 6.81. The molecule has 0 saturated carbocycles. The van der Waals surface area contributed by atoms with Gasteiger partial charge in [-0.3, -0.25) is 13.9 Å². The monoisotopic (exact) mass is 467 g/mol. The smallest absolute Gasteiger partial charge is 0.332 e. The molecule has 1 atom stereocenters. The van der Waals surface area contributed by atoms with E-state index in [2.05, 4.69) is 18.7 Å². The molecule has 0 fully saturated rings. The van der Waals surface area contributed by atoms with E-state index in [1.165, 1.54) is 34.8 Å². The zero-order valence-electron chi connectivity index (χ0n) is 20.9. The van der Waals surface area contributed by atoms with Crippen LogP contribution in [0, 0.1) is 5.92 Å². The first-order chi connectivity index (χ1) is 16.5. The van der Waals surface area contributed by atoms with E-state index >= 15 is 0 Å². The van der Waals surface area contributed by atoms with Crippen LogP contribution in [0.3, 0.4) is 0 Å². The molecule has 0 radical (unpaired) electrons. The number of aromatic nitrogens is 4. The second-order valence-electron chi connectivity index (χ2n) is 9.53. The van der Waals surface area contributed by atoms with Gasteiger partial charge in [-0.05, 0) is 36.6 Å². The predicted octanol–water partition coefficient (Wildman–Crippen LogP) is 4.44. The number of anilines is 2. The Hall–Kier alpha value is -3.03. The molecule has 0 aliphatic carbocycles. The molecule has 3 heterocycles. The Morgan fingerprint density at radius 3 is 2.35 bits per heavy atom. The van der Waals surface area contributed by atoms with Crippen molar-refractivity contribution in [3.63, 3.8) is 0 Å². The Bertz CT molecular complexity index is 1240. The highest BCUT2D eigenvalue weighted by Crippen LogP contribution is 2.33. The Balaban J connectivity index is 1.67. The fraction of sp³-hybridized carbons (Fsp3) is 0.577. The summed E-state index contributed by atoms with van der Waals surface area (Å²) in [6.45, 7) is 6.32. The fourth-order valence-corrected chi connectivity index (χ4v) is 4.91. The topological polar surface area (TPSA) is 74.3 Å². The number of fused-ring (bicyclic) bond motifs is 3. The van der Waals surface area contributed by atoms with Crippen LogP contribution in [0.1, 0.15) is 58.8 Å². The molecule has 2 aromatic heterocycles. The maximum atomic E-state index is 13.5. The Morgan fingerprint density at radius 2 is 1.68 bits per heavy atom. The first-order valence-corrected chi connectivity index (χ1v) is 12.6. The lowest BCUT2D eigenvalue weighted by atomic mass is 10.1. The van der Waals surface area contributed by atoms with Gasteiger partial charge in [0, 0.05) is 32.4 Å². The Kier molecular flexibility index (Phi) is 7.44. The van der Waals surface area contributed by atoms with Gasteiger partial charge in [0.25, 0.3) is 5.56 Å². The number of aryl methyl sites for hydroxylation is 1. The summed E-state index contributed by atoms with van der Waals surface area (Å²) in [6, 6.07) is 7.84. The second kappa shape index (κ2) is 10.5. The molecule has 0 saturated heterocycles. The summed E-state index contributed by atoms with van der Waals surface area (Å²) in [7, 11) is 3.36. The molecule has 0 bridgehead atoms. The van der Waals surface area contributed by atoms with Crippen molar-refractivity contribution in [2.45, 2.75) is 71.9 Å².